The van der Waals surface area contributed by atoms with E-state index in [0.717, 1.165) is 6.42 Å². The third kappa shape index (κ3) is 2.83. The van der Waals surface area contributed by atoms with Gasteiger partial charge in [-0.05, 0) is 12.3 Å². The fourth-order valence-corrected chi connectivity index (χ4v) is 2.25. The number of nitrogens with one attached hydrogen (secondary N) is 1. The molecule has 0 radical (unpaired) electrons. The molecule has 2 saturated heterocycles. The average Bonchev–Trinajstić information content (AvgIpc) is 2.71. The first-order valence-electron chi connectivity index (χ1n) is 5.38. The number of rotatable bonds is 1. The molecular weight excluding hydrogens is 238 g/mol. The van der Waals surface area contributed by atoms with Crippen molar-refractivity contribution in [1.82, 2.24) is 10.2 Å². The van der Waals surface area contributed by atoms with Gasteiger partial charge >= 0.3 is 0 Å². The maximum absolute atomic E-state index is 12.9. The fraction of sp³-hybridized carbons (Fsp3) is 0.900. The van der Waals surface area contributed by atoms with E-state index in [9.17, 15) is 13.6 Å². The average molecular weight is 255 g/mol. The van der Waals surface area contributed by atoms with E-state index in [1.165, 1.54) is 0 Å². The van der Waals surface area contributed by atoms with E-state index in [-0.39, 0.29) is 31.3 Å². The lowest BCUT2D eigenvalue weighted by molar-refractivity contribution is -0.132. The van der Waals surface area contributed by atoms with Gasteiger partial charge in [0, 0.05) is 19.5 Å². The van der Waals surface area contributed by atoms with E-state index >= 15 is 0 Å². The Hall–Kier alpha value is -0.420. The molecule has 94 valence electrons. The van der Waals surface area contributed by atoms with Crippen LogP contribution in [0.15, 0.2) is 0 Å². The van der Waals surface area contributed by atoms with Crippen LogP contribution >= 0.6 is 12.4 Å². The summed E-state index contributed by atoms with van der Waals surface area (Å²) in [5.41, 5.74) is 0. The molecule has 2 atom stereocenters. The topological polar surface area (TPSA) is 32.3 Å². The second-order valence-corrected chi connectivity index (χ2v) is 4.67. The van der Waals surface area contributed by atoms with Crippen LogP contribution < -0.4 is 5.32 Å². The first kappa shape index (κ1) is 13.6. The second kappa shape index (κ2) is 4.84. The third-order valence-electron chi connectivity index (χ3n) is 3.14. The molecule has 16 heavy (non-hydrogen) atoms. The standard InChI is InChI=1S/C10H16F2N2O.ClH/c1-7-2-3-14(5-7)9(15)8-4-10(11,12)6-13-8;/h7-8,13H,2-6H2,1H3;1H. The molecule has 2 unspecified atom stereocenters. The number of hydrogen-bond donors (Lipinski definition) is 1. The first-order chi connectivity index (χ1) is 6.98. The summed E-state index contributed by atoms with van der Waals surface area (Å²) < 4.78 is 25.8. The van der Waals surface area contributed by atoms with E-state index in [4.69, 9.17) is 0 Å². The van der Waals surface area contributed by atoms with Crippen molar-refractivity contribution in [2.24, 2.45) is 5.92 Å². The summed E-state index contributed by atoms with van der Waals surface area (Å²) in [5, 5.41) is 2.60. The molecule has 0 aliphatic carbocycles. The molecule has 2 fully saturated rings. The summed E-state index contributed by atoms with van der Waals surface area (Å²) >= 11 is 0. The number of halogens is 3. The van der Waals surface area contributed by atoms with Crippen LogP contribution in [0.3, 0.4) is 0 Å². The number of amides is 1. The molecule has 1 amide bonds. The molecule has 0 spiro atoms. The number of nitrogens with zero attached hydrogens (tertiary/aromatic N) is 1. The van der Waals surface area contributed by atoms with Gasteiger partial charge in [0.25, 0.3) is 5.92 Å². The maximum Gasteiger partial charge on any atom is 0.262 e. The van der Waals surface area contributed by atoms with E-state index in [1.807, 2.05) is 0 Å². The molecular formula is C10H17ClF2N2O. The summed E-state index contributed by atoms with van der Waals surface area (Å²) in [6, 6.07) is -0.676. The Morgan fingerprint density at radius 3 is 2.62 bits per heavy atom. The number of carbonyl (C=O) groups excluding carboxylic acids is 1. The van der Waals surface area contributed by atoms with Crippen molar-refractivity contribution < 1.29 is 13.6 Å². The highest BCUT2D eigenvalue weighted by Gasteiger charge is 2.44. The molecule has 0 aromatic heterocycles. The van der Waals surface area contributed by atoms with Gasteiger partial charge in [-0.1, -0.05) is 6.92 Å². The van der Waals surface area contributed by atoms with Crippen LogP contribution in [0.2, 0.25) is 0 Å². The van der Waals surface area contributed by atoms with Crippen LogP contribution in [0.25, 0.3) is 0 Å². The molecule has 0 aromatic rings. The number of alkyl halides is 2. The molecule has 2 aliphatic heterocycles. The first-order valence-corrected chi connectivity index (χ1v) is 5.38. The molecule has 0 bridgehead atoms. The third-order valence-corrected chi connectivity index (χ3v) is 3.14. The van der Waals surface area contributed by atoms with Gasteiger partial charge < -0.3 is 4.90 Å². The summed E-state index contributed by atoms with van der Waals surface area (Å²) in [6.07, 6.45) is 0.631. The van der Waals surface area contributed by atoms with Crippen LogP contribution in [-0.2, 0) is 4.79 Å². The van der Waals surface area contributed by atoms with Crippen LogP contribution in [0, 0.1) is 5.92 Å². The second-order valence-electron chi connectivity index (χ2n) is 4.67. The Morgan fingerprint density at radius 1 is 1.50 bits per heavy atom. The number of likely N-dealkylation sites (tertiary alicyclic amines) is 1. The largest absolute Gasteiger partial charge is 0.341 e. The number of carbonyl (C=O) groups is 1. The predicted molar refractivity (Wildman–Crippen MR) is 59.0 cm³/mol. The van der Waals surface area contributed by atoms with E-state index in [0.29, 0.717) is 19.0 Å². The van der Waals surface area contributed by atoms with Gasteiger partial charge in [0.05, 0.1) is 12.6 Å². The van der Waals surface area contributed by atoms with Crippen molar-refractivity contribution in [1.29, 1.82) is 0 Å². The van der Waals surface area contributed by atoms with Crippen molar-refractivity contribution in [3.63, 3.8) is 0 Å². The van der Waals surface area contributed by atoms with Gasteiger partial charge in [-0.15, -0.1) is 12.4 Å². The van der Waals surface area contributed by atoms with Gasteiger partial charge in [-0.2, -0.15) is 0 Å². The Kier molecular flexibility index (Phi) is 4.12. The van der Waals surface area contributed by atoms with E-state index < -0.39 is 12.0 Å². The van der Waals surface area contributed by atoms with Gasteiger partial charge in [0.15, 0.2) is 0 Å². The van der Waals surface area contributed by atoms with Crippen LogP contribution in [0.1, 0.15) is 19.8 Å². The zero-order chi connectivity index (χ0) is 11.1. The Morgan fingerprint density at radius 2 is 2.19 bits per heavy atom. The minimum absolute atomic E-state index is 0. The van der Waals surface area contributed by atoms with Gasteiger partial charge in [0.2, 0.25) is 5.91 Å². The summed E-state index contributed by atoms with van der Waals surface area (Å²) in [4.78, 5) is 13.5. The predicted octanol–water partition coefficient (Wildman–Crippen LogP) is 1.27. The molecule has 1 N–H and O–H groups in total. The zero-order valence-electron chi connectivity index (χ0n) is 9.21. The highest BCUT2D eigenvalue weighted by Crippen LogP contribution is 2.27. The van der Waals surface area contributed by atoms with Crippen molar-refractivity contribution in [2.75, 3.05) is 19.6 Å². The van der Waals surface area contributed by atoms with Crippen molar-refractivity contribution in [3.05, 3.63) is 0 Å². The fourth-order valence-electron chi connectivity index (χ4n) is 2.25. The maximum atomic E-state index is 12.9. The summed E-state index contributed by atoms with van der Waals surface area (Å²) in [7, 11) is 0. The van der Waals surface area contributed by atoms with Crippen molar-refractivity contribution in [3.8, 4) is 0 Å². The van der Waals surface area contributed by atoms with Crippen molar-refractivity contribution >= 4 is 18.3 Å². The summed E-state index contributed by atoms with van der Waals surface area (Å²) in [6.45, 7) is 3.13. The SMILES string of the molecule is CC1CCN(C(=O)C2CC(F)(F)CN2)C1.Cl. The Labute approximate surface area is 100.0 Å². The van der Waals surface area contributed by atoms with E-state index in [1.54, 1.807) is 4.90 Å². The monoisotopic (exact) mass is 254 g/mol. The molecule has 2 heterocycles. The molecule has 2 rings (SSSR count). The lowest BCUT2D eigenvalue weighted by Crippen LogP contribution is -2.42. The quantitative estimate of drug-likeness (QED) is 0.765. The Bertz CT molecular complexity index is 276. The molecule has 6 heteroatoms. The van der Waals surface area contributed by atoms with Crippen LogP contribution in [0.5, 0.6) is 0 Å². The molecule has 0 saturated carbocycles. The smallest absolute Gasteiger partial charge is 0.262 e. The van der Waals surface area contributed by atoms with Crippen molar-refractivity contribution in [2.45, 2.75) is 31.7 Å². The lowest BCUT2D eigenvalue weighted by Gasteiger charge is -2.20. The Balaban J connectivity index is 0.00000128. The zero-order valence-corrected chi connectivity index (χ0v) is 10.0. The highest BCUT2D eigenvalue weighted by molar-refractivity contribution is 5.85. The summed E-state index contributed by atoms with van der Waals surface area (Å²) in [5.74, 6) is -2.38. The minimum atomic E-state index is -2.72. The van der Waals surface area contributed by atoms with E-state index in [2.05, 4.69) is 12.2 Å². The highest BCUT2D eigenvalue weighted by atomic mass is 35.5. The lowest BCUT2D eigenvalue weighted by atomic mass is 10.1. The van der Waals surface area contributed by atoms with Gasteiger partial charge in [-0.25, -0.2) is 8.78 Å². The molecule has 0 aromatic carbocycles. The molecule has 3 nitrogen and oxygen atoms in total. The van der Waals surface area contributed by atoms with Crippen LogP contribution in [-0.4, -0.2) is 42.4 Å². The normalized spacial score (nSPS) is 32.6. The molecule has 2 aliphatic rings. The minimum Gasteiger partial charge on any atom is -0.341 e. The van der Waals surface area contributed by atoms with Crippen LogP contribution in [0.4, 0.5) is 8.78 Å². The van der Waals surface area contributed by atoms with Gasteiger partial charge in [0.1, 0.15) is 0 Å². The number of hydrogen-bond acceptors (Lipinski definition) is 2. The van der Waals surface area contributed by atoms with Gasteiger partial charge in [-0.3, -0.25) is 10.1 Å².